The van der Waals surface area contributed by atoms with Gasteiger partial charge in [-0.1, -0.05) is 39.0 Å². The number of hydrogen-bond donors (Lipinski definition) is 1. The molecule has 0 aliphatic rings. The van der Waals surface area contributed by atoms with Crippen LogP contribution in [0, 0.1) is 0 Å². The smallest absolute Gasteiger partial charge is 0.161 e. The van der Waals surface area contributed by atoms with E-state index >= 15 is 0 Å². The molecule has 0 bridgehead atoms. The van der Waals surface area contributed by atoms with E-state index in [9.17, 15) is 0 Å². The number of hydrogen-bond acceptors (Lipinski definition) is 4. The topological polar surface area (TPSA) is 55.6 Å². The fourth-order valence-electron chi connectivity index (χ4n) is 2.42. The zero-order valence-electron chi connectivity index (χ0n) is 12.5. The first-order valence-corrected chi connectivity index (χ1v) is 7.35. The molecule has 108 valence electrons. The fourth-order valence-corrected chi connectivity index (χ4v) is 2.42. The molecular weight excluding hydrogens is 250 g/mol. The van der Waals surface area contributed by atoms with E-state index in [1.54, 1.807) is 0 Å². The molecule has 0 aliphatic carbocycles. The second kappa shape index (κ2) is 7.14. The molecule has 0 radical (unpaired) electrons. The largest absolute Gasteiger partial charge is 0.313 e. The summed E-state index contributed by atoms with van der Waals surface area (Å²) in [5.41, 5.74) is 1.00. The van der Waals surface area contributed by atoms with Gasteiger partial charge in [0.1, 0.15) is 0 Å². The van der Waals surface area contributed by atoms with E-state index in [1.807, 2.05) is 35.0 Å². The van der Waals surface area contributed by atoms with Gasteiger partial charge in [0.15, 0.2) is 5.82 Å². The summed E-state index contributed by atoms with van der Waals surface area (Å²) in [6.45, 7) is 7.58. The SMILES string of the molecule is CCCNC(CC)C(C)c1nnnn1-c1ccccc1. The van der Waals surface area contributed by atoms with Gasteiger partial charge >= 0.3 is 0 Å². The van der Waals surface area contributed by atoms with Crippen molar-refractivity contribution in [3.05, 3.63) is 36.2 Å². The lowest BCUT2D eigenvalue weighted by molar-refractivity contribution is 0.421. The molecule has 2 unspecified atom stereocenters. The van der Waals surface area contributed by atoms with E-state index in [0.717, 1.165) is 30.9 Å². The van der Waals surface area contributed by atoms with Gasteiger partial charge in [-0.3, -0.25) is 0 Å². The summed E-state index contributed by atoms with van der Waals surface area (Å²) < 4.78 is 1.83. The molecule has 0 saturated heterocycles. The Morgan fingerprint density at radius 3 is 2.60 bits per heavy atom. The molecular formula is C15H23N5. The van der Waals surface area contributed by atoms with Gasteiger partial charge in [-0.25, -0.2) is 0 Å². The maximum absolute atomic E-state index is 4.23. The van der Waals surface area contributed by atoms with E-state index < -0.39 is 0 Å². The number of nitrogens with zero attached hydrogens (tertiary/aromatic N) is 4. The summed E-state index contributed by atoms with van der Waals surface area (Å²) in [5.74, 6) is 1.17. The summed E-state index contributed by atoms with van der Waals surface area (Å²) in [7, 11) is 0. The number of para-hydroxylation sites is 1. The molecule has 0 fully saturated rings. The molecule has 20 heavy (non-hydrogen) atoms. The lowest BCUT2D eigenvalue weighted by Gasteiger charge is -2.23. The quantitative estimate of drug-likeness (QED) is 0.842. The van der Waals surface area contributed by atoms with Crippen LogP contribution in [0.15, 0.2) is 30.3 Å². The molecule has 0 aliphatic heterocycles. The zero-order valence-corrected chi connectivity index (χ0v) is 12.5. The molecule has 0 spiro atoms. The van der Waals surface area contributed by atoms with Gasteiger partial charge in [-0.2, -0.15) is 4.68 Å². The Labute approximate surface area is 120 Å². The summed E-state index contributed by atoms with van der Waals surface area (Å²) in [5, 5.41) is 15.8. The van der Waals surface area contributed by atoms with E-state index in [1.165, 1.54) is 0 Å². The Morgan fingerprint density at radius 2 is 1.95 bits per heavy atom. The minimum atomic E-state index is 0.266. The van der Waals surface area contributed by atoms with Gasteiger partial charge in [0, 0.05) is 12.0 Å². The second-order valence-electron chi connectivity index (χ2n) is 5.04. The maximum atomic E-state index is 4.23. The molecule has 0 saturated carbocycles. The van der Waals surface area contributed by atoms with Crippen LogP contribution < -0.4 is 5.32 Å². The third-order valence-corrected chi connectivity index (χ3v) is 3.60. The molecule has 5 nitrogen and oxygen atoms in total. The molecule has 5 heteroatoms. The lowest BCUT2D eigenvalue weighted by atomic mass is 9.98. The van der Waals surface area contributed by atoms with Crippen LogP contribution in [0.5, 0.6) is 0 Å². The Hall–Kier alpha value is -1.75. The summed E-state index contributed by atoms with van der Waals surface area (Å²) in [6.07, 6.45) is 2.19. The van der Waals surface area contributed by atoms with Gasteiger partial charge in [0.2, 0.25) is 0 Å². The number of aromatic nitrogens is 4. The van der Waals surface area contributed by atoms with Gasteiger partial charge in [0.05, 0.1) is 5.69 Å². The van der Waals surface area contributed by atoms with Crippen LogP contribution in [0.4, 0.5) is 0 Å². The average Bonchev–Trinajstić information content (AvgIpc) is 2.98. The highest BCUT2D eigenvalue weighted by atomic mass is 15.5. The van der Waals surface area contributed by atoms with Crippen LogP contribution in [-0.4, -0.2) is 32.8 Å². The Morgan fingerprint density at radius 1 is 1.20 bits per heavy atom. The summed E-state index contributed by atoms with van der Waals surface area (Å²) in [4.78, 5) is 0. The van der Waals surface area contributed by atoms with Crippen LogP contribution in [0.3, 0.4) is 0 Å². The molecule has 2 rings (SSSR count). The molecule has 2 aromatic rings. The number of rotatable bonds is 7. The first kappa shape index (κ1) is 14.7. The number of tetrazole rings is 1. The Balaban J connectivity index is 2.22. The molecule has 1 aromatic heterocycles. The molecule has 1 N–H and O–H groups in total. The first-order valence-electron chi connectivity index (χ1n) is 7.35. The third kappa shape index (κ3) is 3.22. The van der Waals surface area contributed by atoms with Crippen LogP contribution in [0.2, 0.25) is 0 Å². The van der Waals surface area contributed by atoms with Crippen molar-refractivity contribution in [2.24, 2.45) is 0 Å². The molecule has 0 amide bonds. The Bertz CT molecular complexity index is 508. The van der Waals surface area contributed by atoms with E-state index in [0.29, 0.717) is 6.04 Å². The van der Waals surface area contributed by atoms with Gasteiger partial charge < -0.3 is 5.32 Å². The molecule has 1 aromatic carbocycles. The van der Waals surface area contributed by atoms with Crippen molar-refractivity contribution in [1.82, 2.24) is 25.5 Å². The minimum absolute atomic E-state index is 0.266. The average molecular weight is 273 g/mol. The number of nitrogens with one attached hydrogen (secondary N) is 1. The van der Waals surface area contributed by atoms with E-state index in [-0.39, 0.29) is 5.92 Å². The van der Waals surface area contributed by atoms with Gasteiger partial charge in [-0.15, -0.1) is 5.10 Å². The van der Waals surface area contributed by atoms with E-state index in [4.69, 9.17) is 0 Å². The van der Waals surface area contributed by atoms with Gasteiger partial charge in [0.25, 0.3) is 0 Å². The molecule has 1 heterocycles. The van der Waals surface area contributed by atoms with Crippen LogP contribution in [0.25, 0.3) is 5.69 Å². The first-order chi connectivity index (χ1) is 9.77. The predicted molar refractivity (Wildman–Crippen MR) is 79.9 cm³/mol. The monoisotopic (exact) mass is 273 g/mol. The van der Waals surface area contributed by atoms with Crippen LogP contribution in [-0.2, 0) is 0 Å². The highest BCUT2D eigenvalue weighted by Gasteiger charge is 2.22. The zero-order chi connectivity index (χ0) is 14.4. The van der Waals surface area contributed by atoms with Crippen molar-refractivity contribution in [3.63, 3.8) is 0 Å². The normalized spacial score (nSPS) is 14.2. The highest BCUT2D eigenvalue weighted by molar-refractivity contribution is 5.31. The third-order valence-electron chi connectivity index (χ3n) is 3.60. The van der Waals surface area contributed by atoms with Crippen molar-refractivity contribution in [3.8, 4) is 5.69 Å². The minimum Gasteiger partial charge on any atom is -0.313 e. The predicted octanol–water partition coefficient (Wildman–Crippen LogP) is 2.54. The summed E-state index contributed by atoms with van der Waals surface area (Å²) in [6, 6.07) is 10.4. The van der Waals surface area contributed by atoms with Crippen molar-refractivity contribution >= 4 is 0 Å². The lowest BCUT2D eigenvalue weighted by Crippen LogP contribution is -2.35. The second-order valence-corrected chi connectivity index (χ2v) is 5.04. The van der Waals surface area contributed by atoms with Crippen LogP contribution >= 0.6 is 0 Å². The highest BCUT2D eigenvalue weighted by Crippen LogP contribution is 2.21. The van der Waals surface area contributed by atoms with Crippen molar-refractivity contribution in [2.45, 2.75) is 45.6 Å². The standard InChI is InChI=1S/C15H23N5/c1-4-11-16-14(5-2)12(3)15-17-18-19-20(15)13-9-7-6-8-10-13/h6-10,12,14,16H,4-5,11H2,1-3H3. The van der Waals surface area contributed by atoms with Crippen molar-refractivity contribution in [1.29, 1.82) is 0 Å². The van der Waals surface area contributed by atoms with Crippen LogP contribution in [0.1, 0.15) is 45.4 Å². The van der Waals surface area contributed by atoms with E-state index in [2.05, 4.69) is 41.6 Å². The Kier molecular flexibility index (Phi) is 5.24. The van der Waals surface area contributed by atoms with Gasteiger partial charge in [-0.05, 0) is 41.9 Å². The summed E-state index contributed by atoms with van der Waals surface area (Å²) >= 11 is 0. The van der Waals surface area contributed by atoms with Crippen molar-refractivity contribution < 1.29 is 0 Å². The molecule has 2 atom stereocenters. The fraction of sp³-hybridized carbons (Fsp3) is 0.533. The van der Waals surface area contributed by atoms with Crippen molar-refractivity contribution in [2.75, 3.05) is 6.54 Å². The number of benzene rings is 1. The maximum Gasteiger partial charge on any atom is 0.161 e.